The number of carbonyl (C=O) groups excluding carboxylic acids is 1. The lowest BCUT2D eigenvalue weighted by atomic mass is 10.2. The van der Waals surface area contributed by atoms with Gasteiger partial charge in [-0.3, -0.25) is 4.79 Å². The number of benzene rings is 1. The van der Waals surface area contributed by atoms with Crippen LogP contribution in [0.5, 0.6) is 0 Å². The molecule has 5 heteroatoms. The van der Waals surface area contributed by atoms with Crippen molar-refractivity contribution in [2.45, 2.75) is 13.3 Å². The van der Waals surface area contributed by atoms with Crippen molar-refractivity contribution in [3.05, 3.63) is 52.0 Å². The van der Waals surface area contributed by atoms with E-state index in [1.165, 1.54) is 10.9 Å². The highest BCUT2D eigenvalue weighted by Crippen LogP contribution is 2.13. The van der Waals surface area contributed by atoms with Crippen molar-refractivity contribution in [1.29, 1.82) is 0 Å². The van der Waals surface area contributed by atoms with Crippen LogP contribution in [0.4, 0.5) is 10.1 Å². The van der Waals surface area contributed by atoms with E-state index < -0.39 is 0 Å². The fraction of sp³-hybridized carbons (Fsp3) is 0.267. The van der Waals surface area contributed by atoms with E-state index >= 15 is 0 Å². The minimum atomic E-state index is -0.270. The maximum atomic E-state index is 13.3. The predicted octanol–water partition coefficient (Wildman–Crippen LogP) is 2.97. The first-order valence-corrected chi connectivity index (χ1v) is 7.32. The first-order valence-electron chi connectivity index (χ1n) is 6.44. The summed E-state index contributed by atoms with van der Waals surface area (Å²) in [5.74, 6) is -0.365. The molecule has 3 nitrogen and oxygen atoms in total. The van der Waals surface area contributed by atoms with E-state index in [0.717, 1.165) is 6.42 Å². The van der Waals surface area contributed by atoms with Gasteiger partial charge in [0.15, 0.2) is 0 Å². The normalized spacial score (nSPS) is 10.3. The van der Waals surface area contributed by atoms with Gasteiger partial charge in [-0.15, -0.1) is 11.3 Å². The third-order valence-corrected chi connectivity index (χ3v) is 3.83. The lowest BCUT2D eigenvalue weighted by Crippen LogP contribution is -2.31. The molecule has 0 saturated heterocycles. The van der Waals surface area contributed by atoms with Crippen LogP contribution in [-0.2, 0) is 11.2 Å². The molecule has 0 aliphatic rings. The largest absolute Gasteiger partial charge is 0.376 e. The number of thiophene rings is 1. The fourth-order valence-corrected chi connectivity index (χ4v) is 2.44. The van der Waals surface area contributed by atoms with E-state index in [4.69, 9.17) is 0 Å². The van der Waals surface area contributed by atoms with Crippen LogP contribution in [0.3, 0.4) is 0 Å². The van der Waals surface area contributed by atoms with E-state index in [1.54, 1.807) is 30.4 Å². The van der Waals surface area contributed by atoms with Crippen LogP contribution in [0.25, 0.3) is 0 Å². The first-order chi connectivity index (χ1) is 9.65. The van der Waals surface area contributed by atoms with E-state index in [-0.39, 0.29) is 18.3 Å². The summed E-state index contributed by atoms with van der Waals surface area (Å²) >= 11 is 1.68. The van der Waals surface area contributed by atoms with Gasteiger partial charge in [-0.1, -0.05) is 12.1 Å². The van der Waals surface area contributed by atoms with E-state index in [0.29, 0.717) is 17.8 Å². The van der Waals surface area contributed by atoms with Crippen LogP contribution < -0.4 is 10.6 Å². The number of rotatable bonds is 6. The Morgan fingerprint density at radius 3 is 2.90 bits per heavy atom. The number of nitrogens with one attached hydrogen (secondary N) is 2. The molecule has 1 aromatic carbocycles. The SMILES string of the molecule is Cc1ccc(NCC(=O)NCCc2cccs2)cc1F. The summed E-state index contributed by atoms with van der Waals surface area (Å²) in [6.45, 7) is 2.46. The maximum Gasteiger partial charge on any atom is 0.239 e. The van der Waals surface area contributed by atoms with Gasteiger partial charge in [0.2, 0.25) is 5.91 Å². The Balaban J connectivity index is 1.70. The van der Waals surface area contributed by atoms with E-state index in [2.05, 4.69) is 10.6 Å². The minimum absolute atomic E-state index is 0.0949. The Morgan fingerprint density at radius 1 is 1.35 bits per heavy atom. The topological polar surface area (TPSA) is 41.1 Å². The zero-order chi connectivity index (χ0) is 14.4. The average Bonchev–Trinajstić information content (AvgIpc) is 2.93. The van der Waals surface area contributed by atoms with Crippen molar-refractivity contribution in [1.82, 2.24) is 5.32 Å². The smallest absolute Gasteiger partial charge is 0.239 e. The molecule has 0 unspecified atom stereocenters. The Morgan fingerprint density at radius 2 is 2.20 bits per heavy atom. The van der Waals surface area contributed by atoms with Crippen LogP contribution in [0.1, 0.15) is 10.4 Å². The molecule has 20 heavy (non-hydrogen) atoms. The third-order valence-electron chi connectivity index (χ3n) is 2.90. The van der Waals surface area contributed by atoms with Gasteiger partial charge >= 0.3 is 0 Å². The molecule has 0 aliphatic carbocycles. The molecule has 0 bridgehead atoms. The van der Waals surface area contributed by atoms with Crippen LogP contribution in [0.15, 0.2) is 35.7 Å². The molecule has 1 aromatic heterocycles. The molecule has 1 heterocycles. The van der Waals surface area contributed by atoms with Crippen LogP contribution in [0.2, 0.25) is 0 Å². The molecule has 2 rings (SSSR count). The number of anilines is 1. The van der Waals surface area contributed by atoms with Crippen molar-refractivity contribution in [2.75, 3.05) is 18.4 Å². The summed E-state index contributed by atoms with van der Waals surface area (Å²) in [6.07, 6.45) is 0.836. The zero-order valence-electron chi connectivity index (χ0n) is 11.3. The first kappa shape index (κ1) is 14.5. The molecule has 0 spiro atoms. The molecule has 0 radical (unpaired) electrons. The maximum absolute atomic E-state index is 13.3. The zero-order valence-corrected chi connectivity index (χ0v) is 12.1. The van der Waals surface area contributed by atoms with Gasteiger partial charge in [0.1, 0.15) is 5.82 Å². The second-order valence-corrected chi connectivity index (χ2v) is 5.53. The third kappa shape index (κ3) is 4.35. The van der Waals surface area contributed by atoms with Crippen molar-refractivity contribution >= 4 is 22.9 Å². The van der Waals surface area contributed by atoms with Gasteiger partial charge in [-0.25, -0.2) is 4.39 Å². The number of amides is 1. The molecule has 0 aliphatic heterocycles. The molecule has 0 atom stereocenters. The number of aryl methyl sites for hydroxylation is 1. The molecule has 0 fully saturated rings. The summed E-state index contributed by atoms with van der Waals surface area (Å²) < 4.78 is 13.3. The highest BCUT2D eigenvalue weighted by molar-refractivity contribution is 7.09. The van der Waals surface area contributed by atoms with Gasteiger partial charge in [0.05, 0.1) is 6.54 Å². The van der Waals surface area contributed by atoms with Crippen LogP contribution in [0, 0.1) is 12.7 Å². The van der Waals surface area contributed by atoms with Crippen molar-refractivity contribution in [2.24, 2.45) is 0 Å². The lowest BCUT2D eigenvalue weighted by Gasteiger charge is -2.08. The summed E-state index contributed by atoms with van der Waals surface area (Å²) in [4.78, 5) is 12.9. The quantitative estimate of drug-likeness (QED) is 0.859. The summed E-state index contributed by atoms with van der Waals surface area (Å²) in [6, 6.07) is 8.89. The van der Waals surface area contributed by atoms with Gasteiger partial charge < -0.3 is 10.6 Å². The Hall–Kier alpha value is -1.88. The van der Waals surface area contributed by atoms with Gasteiger partial charge in [-0.2, -0.15) is 0 Å². The summed E-state index contributed by atoms with van der Waals surface area (Å²) in [5, 5.41) is 7.75. The number of hydrogen-bond donors (Lipinski definition) is 2. The number of carbonyl (C=O) groups is 1. The van der Waals surface area contributed by atoms with E-state index in [9.17, 15) is 9.18 Å². The van der Waals surface area contributed by atoms with Crippen LogP contribution in [-0.4, -0.2) is 19.0 Å². The molecule has 106 valence electrons. The molecule has 2 N–H and O–H groups in total. The van der Waals surface area contributed by atoms with Crippen LogP contribution >= 0.6 is 11.3 Å². The Kier molecular flexibility index (Phi) is 5.12. The summed E-state index contributed by atoms with van der Waals surface area (Å²) in [5.41, 5.74) is 1.21. The molecular weight excluding hydrogens is 275 g/mol. The van der Waals surface area contributed by atoms with Gasteiger partial charge in [0, 0.05) is 17.1 Å². The monoisotopic (exact) mass is 292 g/mol. The molecule has 1 amide bonds. The van der Waals surface area contributed by atoms with Crippen molar-refractivity contribution in [3.63, 3.8) is 0 Å². The second-order valence-electron chi connectivity index (χ2n) is 4.50. The molecule has 0 saturated carbocycles. The van der Waals surface area contributed by atoms with E-state index in [1.807, 2.05) is 17.5 Å². The number of hydrogen-bond acceptors (Lipinski definition) is 3. The number of halogens is 1. The average molecular weight is 292 g/mol. The van der Waals surface area contributed by atoms with Gasteiger partial charge in [0.25, 0.3) is 0 Å². The Bertz CT molecular complexity index is 569. The fourth-order valence-electron chi connectivity index (χ4n) is 1.73. The molecular formula is C15H17FN2OS. The predicted molar refractivity (Wildman–Crippen MR) is 80.7 cm³/mol. The highest BCUT2D eigenvalue weighted by Gasteiger charge is 2.03. The van der Waals surface area contributed by atoms with Crippen molar-refractivity contribution in [3.8, 4) is 0 Å². The Labute approximate surface area is 121 Å². The van der Waals surface area contributed by atoms with Gasteiger partial charge in [-0.05, 0) is 42.5 Å². The van der Waals surface area contributed by atoms with Crippen molar-refractivity contribution < 1.29 is 9.18 Å². The second kappa shape index (κ2) is 7.05. The molecule has 2 aromatic rings. The lowest BCUT2D eigenvalue weighted by molar-refractivity contribution is -0.119. The summed E-state index contributed by atoms with van der Waals surface area (Å²) in [7, 11) is 0. The minimum Gasteiger partial charge on any atom is -0.376 e. The highest BCUT2D eigenvalue weighted by atomic mass is 32.1. The standard InChI is InChI=1S/C15H17FN2OS/c1-11-4-5-12(9-14(11)16)18-10-15(19)17-7-6-13-3-2-8-20-13/h2-5,8-9,18H,6-7,10H2,1H3,(H,17,19).